The summed E-state index contributed by atoms with van der Waals surface area (Å²) in [6.45, 7) is -2.47. The van der Waals surface area contributed by atoms with E-state index in [9.17, 15) is 33.1 Å². The molecule has 0 aliphatic carbocycles. The summed E-state index contributed by atoms with van der Waals surface area (Å²) in [6.07, 6.45) is -9.72. The summed E-state index contributed by atoms with van der Waals surface area (Å²) in [6, 6.07) is 3.85. The van der Waals surface area contributed by atoms with Crippen molar-refractivity contribution in [2.45, 2.75) is 94.5 Å². The number of nitrogens with zero attached hydrogens (tertiary/aromatic N) is 9. The number of imidazole rings is 2. The van der Waals surface area contributed by atoms with Crippen molar-refractivity contribution in [1.29, 1.82) is 5.53 Å². The van der Waals surface area contributed by atoms with Gasteiger partial charge in [-0.05, 0) is 36.5 Å². The van der Waals surface area contributed by atoms with Gasteiger partial charge in [0.1, 0.15) is 67.4 Å². The standard InChI is InChI=1S/C44H60FN19O16P2S/c1-21(2)28(50-10-11-59-62-49)39(66)61-24(4-3-9-51-42(48)67)38(65)60-23-7-5-22(6-8-23)14-73-43(68)52-12-13-72-44(69)78-33-32-26(77-41(33)64-20-58-30-35(47)54-18-56-37(30)64)16-75-82(71,83)80-31-25(15-74-81(70)79-32)76-40(27(31)45)63-19-57-29-34(46)53-17-55-36(29)63/h5-8,17-21,24-28,31-33,40-41,50,81H,3-4,9-16H2,1-2H3,(H2,49,59)(H,52,68)(H,60,65)(H,61,66)(H,71,83)(H2,46,53,55)(H2,47,54,56)(H3,48,51,67)/t24-,25+,26?,27+,28-,31+,32+,33+,40+,41+,82-/m0/s1. The van der Waals surface area contributed by atoms with Gasteiger partial charge in [-0.1, -0.05) is 43.5 Å². The highest BCUT2D eigenvalue weighted by Crippen LogP contribution is 2.57. The van der Waals surface area contributed by atoms with Gasteiger partial charge < -0.3 is 76.5 Å². The van der Waals surface area contributed by atoms with Crippen LogP contribution in [0.5, 0.6) is 0 Å². The second-order valence-electron chi connectivity index (χ2n) is 18.8. The highest BCUT2D eigenvalue weighted by atomic mass is 32.7. The first-order chi connectivity index (χ1) is 39.8. The molecule has 7 heterocycles. The first kappa shape index (κ1) is 61.6. The van der Waals surface area contributed by atoms with Crippen molar-refractivity contribution in [3.8, 4) is 0 Å². The third-order valence-corrected chi connectivity index (χ3v) is 15.3. The number of hydrogen-bond acceptors (Lipinski definition) is 27. The summed E-state index contributed by atoms with van der Waals surface area (Å²) in [5.41, 5.74) is 27.8. The molecule has 0 spiro atoms. The lowest BCUT2D eigenvalue weighted by Gasteiger charge is -2.27. The van der Waals surface area contributed by atoms with Crippen molar-refractivity contribution in [3.63, 3.8) is 0 Å². The van der Waals surface area contributed by atoms with E-state index >= 15 is 4.39 Å². The van der Waals surface area contributed by atoms with Crippen LogP contribution in [0.2, 0.25) is 0 Å². The van der Waals surface area contributed by atoms with Crippen molar-refractivity contribution in [1.82, 2.24) is 65.7 Å². The van der Waals surface area contributed by atoms with Gasteiger partial charge >= 0.3 is 33.3 Å². The Morgan fingerprint density at radius 2 is 1.54 bits per heavy atom. The number of nitrogen functional groups attached to an aromatic ring is 2. The van der Waals surface area contributed by atoms with Crippen molar-refractivity contribution in [3.05, 3.63) is 55.1 Å². The second kappa shape index (κ2) is 28.2. The number of carbonyl (C=O) groups is 5. The number of benzene rings is 1. The molecule has 3 fully saturated rings. The molecule has 4 aromatic heterocycles. The zero-order valence-electron chi connectivity index (χ0n) is 44.1. The van der Waals surface area contributed by atoms with E-state index in [2.05, 4.69) is 79.4 Å². The summed E-state index contributed by atoms with van der Waals surface area (Å²) >= 11 is 4.11. The van der Waals surface area contributed by atoms with E-state index in [0.29, 0.717) is 30.8 Å². The molecule has 3 saturated heterocycles. The fourth-order valence-electron chi connectivity index (χ4n) is 8.84. The minimum atomic E-state index is -4.55. The van der Waals surface area contributed by atoms with Gasteiger partial charge in [-0.3, -0.25) is 37.8 Å². The van der Waals surface area contributed by atoms with Crippen LogP contribution in [0.25, 0.3) is 22.3 Å². The van der Waals surface area contributed by atoms with Crippen molar-refractivity contribution < 1.29 is 79.3 Å². The molecule has 5 amide bonds. The van der Waals surface area contributed by atoms with E-state index in [4.69, 9.17) is 64.5 Å². The lowest BCUT2D eigenvalue weighted by atomic mass is 10.0. The Labute approximate surface area is 475 Å². The Hall–Kier alpha value is -7.47. The van der Waals surface area contributed by atoms with E-state index in [1.165, 1.54) is 21.8 Å². The maximum atomic E-state index is 16.4. The largest absolute Gasteiger partial charge is 0.508 e. The number of halogens is 1. The minimum Gasteiger partial charge on any atom is -0.445 e. The van der Waals surface area contributed by atoms with Gasteiger partial charge in [0.25, 0.3) is 0 Å². The summed E-state index contributed by atoms with van der Waals surface area (Å²) in [7, 11) is -3.66. The molecule has 83 heavy (non-hydrogen) atoms. The number of thiol groups is 1. The van der Waals surface area contributed by atoms with E-state index in [0.717, 1.165) is 12.7 Å². The summed E-state index contributed by atoms with van der Waals surface area (Å²) in [4.78, 5) is 88.7. The van der Waals surface area contributed by atoms with Crippen molar-refractivity contribution in [2.75, 3.05) is 62.8 Å². The van der Waals surface area contributed by atoms with Crippen LogP contribution in [-0.4, -0.2) is 164 Å². The molecule has 1 aromatic carbocycles. The monoisotopic (exact) mass is 1220 g/mol. The molecule has 3 aliphatic rings. The van der Waals surface area contributed by atoms with Crippen LogP contribution in [0.15, 0.2) is 54.8 Å². The first-order valence-electron chi connectivity index (χ1n) is 25.4. The SMILES string of the molecule is CC(C)[C@H](NCCNN=N)C(=O)N[C@@H](CCCNC(N)=O)C(=O)Nc1ccc(COC(=O)NCCOC(=O)O[C@@H]2[C@@H]3O[PH](=O)OC[C@H]4O[C@@H](n5cnc6c(N)ncnc65)[C@H](F)[C@@H]4O[P@@](=O)(S)OCC3O[C@H]2n2cnc3c(N)ncnc32)cc1. The van der Waals surface area contributed by atoms with E-state index < -0.39 is 126 Å². The highest BCUT2D eigenvalue weighted by Gasteiger charge is 2.54. The molecule has 450 valence electrons. The maximum Gasteiger partial charge on any atom is 0.508 e. The smallest absolute Gasteiger partial charge is 0.445 e. The molecule has 3 aliphatic heterocycles. The number of ether oxygens (including phenoxy) is 5. The highest BCUT2D eigenvalue weighted by molar-refractivity contribution is 8.44. The van der Waals surface area contributed by atoms with Crippen LogP contribution in [0.3, 0.4) is 0 Å². The van der Waals surface area contributed by atoms with Gasteiger partial charge in [-0.15, -0.1) is 0 Å². The molecule has 8 rings (SSSR count). The van der Waals surface area contributed by atoms with Gasteiger partial charge in [0.2, 0.25) is 11.8 Å². The van der Waals surface area contributed by atoms with Gasteiger partial charge in [0.05, 0.1) is 38.5 Å². The number of urea groups is 1. The Morgan fingerprint density at radius 1 is 0.880 bits per heavy atom. The number of primary amides is 1. The molecule has 39 heteroatoms. The number of aromatic nitrogens is 8. The van der Waals surface area contributed by atoms with Crippen molar-refractivity contribution in [2.24, 2.45) is 16.9 Å². The minimum absolute atomic E-state index is 0.0136. The summed E-state index contributed by atoms with van der Waals surface area (Å²) in [5, 5.41) is 16.6. The number of alkyl halides is 1. The van der Waals surface area contributed by atoms with Crippen LogP contribution in [-0.2, 0) is 67.1 Å². The average molecular weight is 1220 g/mol. The molecule has 12 atom stereocenters. The number of nitrogens with one attached hydrogen (secondary N) is 7. The molecule has 13 N–H and O–H groups in total. The summed E-state index contributed by atoms with van der Waals surface area (Å²) < 4.78 is 97.6. The molecule has 2 unspecified atom stereocenters. The second-order valence-corrected chi connectivity index (χ2v) is 22.7. The molecular formula is C44H60FN19O16P2S. The fourth-order valence-corrected chi connectivity index (χ4v) is 11.2. The Balaban J connectivity index is 0.856. The number of carbonyl (C=O) groups excluding carboxylic acids is 5. The summed E-state index contributed by atoms with van der Waals surface area (Å²) in [5.74, 6) is -1.14. The molecule has 35 nitrogen and oxygen atoms in total. The number of fused-ring (bicyclic) bond motifs is 4. The first-order valence-corrected chi connectivity index (χ1v) is 29.3. The predicted molar refractivity (Wildman–Crippen MR) is 287 cm³/mol. The average Bonchev–Trinajstić information content (AvgIpc) is 2.80. The van der Waals surface area contributed by atoms with Crippen molar-refractivity contribution >= 4 is 97.0 Å². The van der Waals surface area contributed by atoms with Gasteiger partial charge in [0.15, 0.2) is 47.7 Å². The maximum absolute atomic E-state index is 16.4. The third kappa shape index (κ3) is 15.8. The number of alkyl carbamates (subject to hydrolysis) is 1. The van der Waals surface area contributed by atoms with Crippen LogP contribution < -0.4 is 49.2 Å². The zero-order chi connectivity index (χ0) is 59.4. The molecule has 5 aromatic rings. The van der Waals surface area contributed by atoms with Crippen LogP contribution >= 0.6 is 27.3 Å². The molecular weight excluding hydrogens is 1160 g/mol. The third-order valence-electron chi connectivity index (χ3n) is 12.8. The Kier molecular flexibility index (Phi) is 20.9. The quantitative estimate of drug-likeness (QED) is 0.0117. The van der Waals surface area contributed by atoms with Gasteiger partial charge in [-0.2, -0.15) is 5.53 Å². The number of anilines is 3. The number of amides is 5. The topological polar surface area (TPSA) is 476 Å². The Bertz CT molecular complexity index is 3190. The van der Waals surface area contributed by atoms with E-state index in [1.54, 1.807) is 24.3 Å². The number of nitrogens with two attached hydrogens (primary N) is 3. The lowest BCUT2D eigenvalue weighted by Crippen LogP contribution is -2.54. The normalized spacial score (nSPS) is 25.1. The fraction of sp³-hybridized carbons (Fsp3) is 0.523. The molecule has 0 saturated carbocycles. The van der Waals surface area contributed by atoms with Crippen LogP contribution in [0, 0.1) is 11.4 Å². The Morgan fingerprint density at radius 3 is 2.20 bits per heavy atom. The number of rotatable bonds is 22. The van der Waals surface area contributed by atoms with Gasteiger partial charge in [0, 0.05) is 25.3 Å². The van der Waals surface area contributed by atoms with E-state index in [-0.39, 0.29) is 66.0 Å². The van der Waals surface area contributed by atoms with Crippen LogP contribution in [0.1, 0.15) is 44.7 Å². The molecule has 0 radical (unpaired) electrons. The number of hydrogen-bond donors (Lipinski definition) is 11. The van der Waals surface area contributed by atoms with Crippen LogP contribution in [0.4, 0.5) is 36.1 Å². The lowest BCUT2D eigenvalue weighted by molar-refractivity contribution is -0.128. The van der Waals surface area contributed by atoms with E-state index in [1.807, 2.05) is 13.8 Å². The molecule has 0 bridgehead atoms. The zero-order valence-corrected chi connectivity index (χ0v) is 46.9. The predicted octanol–water partition coefficient (Wildman–Crippen LogP) is 1.68. The van der Waals surface area contributed by atoms with Gasteiger partial charge in [-0.25, -0.2) is 53.2 Å².